The van der Waals surface area contributed by atoms with Crippen LogP contribution in [0.15, 0.2) is 12.2 Å². The van der Waals surface area contributed by atoms with Crippen molar-refractivity contribution in [2.24, 2.45) is 5.92 Å². The number of rotatable bonds is 3. The molecule has 0 spiro atoms. The van der Waals surface area contributed by atoms with Crippen LogP contribution in [0.1, 0.15) is 42.7 Å². The highest BCUT2D eigenvalue weighted by Crippen LogP contribution is 2.31. The van der Waals surface area contributed by atoms with Gasteiger partial charge in [-0.05, 0) is 32.1 Å². The van der Waals surface area contributed by atoms with Crippen molar-refractivity contribution in [2.75, 3.05) is 18.5 Å². The van der Waals surface area contributed by atoms with Gasteiger partial charge in [-0.2, -0.15) is 0 Å². The van der Waals surface area contributed by atoms with Gasteiger partial charge < -0.3 is 9.64 Å². The van der Waals surface area contributed by atoms with Crippen molar-refractivity contribution >= 4 is 28.3 Å². The maximum atomic E-state index is 12.7. The molecule has 0 radical (unpaired) electrons. The molecule has 0 saturated carbocycles. The van der Waals surface area contributed by atoms with Gasteiger partial charge in [0, 0.05) is 30.4 Å². The standard InChI is InChI=1S/C18H23N3O3S/c22-16(14-7-4-10-24-14)20-18-19-13-8-9-21(11-15(13)25-18)17(23)12-5-2-1-3-6-12/h1-2,12,14H,3-11H2,(H,19,20,22)/t12-,14+/m0/s1. The number of carbonyl (C=O) groups excluding carboxylic acids is 2. The van der Waals surface area contributed by atoms with E-state index in [9.17, 15) is 9.59 Å². The van der Waals surface area contributed by atoms with E-state index >= 15 is 0 Å². The Bertz CT molecular complexity index is 694. The molecule has 1 aliphatic carbocycles. The second kappa shape index (κ2) is 7.25. The number of carbonyl (C=O) groups is 2. The third-order valence-corrected chi connectivity index (χ3v) is 6.11. The van der Waals surface area contributed by atoms with Gasteiger partial charge in [0.2, 0.25) is 5.91 Å². The second-order valence-corrected chi connectivity index (χ2v) is 7.95. The Morgan fingerprint density at radius 1 is 1.32 bits per heavy atom. The van der Waals surface area contributed by atoms with E-state index in [-0.39, 0.29) is 23.8 Å². The van der Waals surface area contributed by atoms with E-state index in [0.29, 0.717) is 18.3 Å². The predicted octanol–water partition coefficient (Wildman–Crippen LogP) is 2.50. The topological polar surface area (TPSA) is 71.5 Å². The van der Waals surface area contributed by atoms with Gasteiger partial charge in [0.25, 0.3) is 5.91 Å². The van der Waals surface area contributed by atoms with Gasteiger partial charge in [-0.3, -0.25) is 14.9 Å². The Hall–Kier alpha value is -1.73. The smallest absolute Gasteiger partial charge is 0.255 e. The Morgan fingerprint density at radius 2 is 2.24 bits per heavy atom. The number of thiazole rings is 1. The Balaban J connectivity index is 1.39. The number of hydrogen-bond donors (Lipinski definition) is 1. The highest BCUT2D eigenvalue weighted by Gasteiger charge is 2.30. The lowest BCUT2D eigenvalue weighted by Gasteiger charge is -2.30. The van der Waals surface area contributed by atoms with E-state index in [1.165, 1.54) is 11.3 Å². The van der Waals surface area contributed by atoms with Crippen LogP contribution in [-0.4, -0.2) is 41.0 Å². The molecule has 2 amide bonds. The molecule has 1 N–H and O–H groups in total. The summed E-state index contributed by atoms with van der Waals surface area (Å²) >= 11 is 1.48. The average molecular weight is 361 g/mol. The van der Waals surface area contributed by atoms with Crippen LogP contribution in [0.4, 0.5) is 5.13 Å². The van der Waals surface area contributed by atoms with Crippen LogP contribution in [0.5, 0.6) is 0 Å². The molecule has 4 rings (SSSR count). The van der Waals surface area contributed by atoms with E-state index in [4.69, 9.17) is 4.74 Å². The fourth-order valence-corrected chi connectivity index (χ4v) is 4.71. The van der Waals surface area contributed by atoms with Gasteiger partial charge in [-0.15, -0.1) is 0 Å². The molecule has 134 valence electrons. The number of ether oxygens (including phenoxy) is 1. The summed E-state index contributed by atoms with van der Waals surface area (Å²) < 4.78 is 5.41. The minimum absolute atomic E-state index is 0.106. The molecular formula is C18H23N3O3S. The molecule has 3 heterocycles. The van der Waals surface area contributed by atoms with E-state index in [1.807, 2.05) is 4.90 Å². The van der Waals surface area contributed by atoms with Crippen molar-refractivity contribution in [3.8, 4) is 0 Å². The number of fused-ring (bicyclic) bond motifs is 1. The largest absolute Gasteiger partial charge is 0.368 e. The summed E-state index contributed by atoms with van der Waals surface area (Å²) in [6.07, 6.45) is 9.19. The van der Waals surface area contributed by atoms with E-state index in [1.54, 1.807) is 0 Å². The summed E-state index contributed by atoms with van der Waals surface area (Å²) in [5, 5.41) is 3.50. The van der Waals surface area contributed by atoms with Crippen molar-refractivity contribution in [3.63, 3.8) is 0 Å². The minimum Gasteiger partial charge on any atom is -0.368 e. The third kappa shape index (κ3) is 3.62. The number of nitrogens with one attached hydrogen (secondary N) is 1. The van der Waals surface area contributed by atoms with Gasteiger partial charge in [-0.25, -0.2) is 4.98 Å². The molecule has 2 aliphatic heterocycles. The zero-order chi connectivity index (χ0) is 17.2. The third-order valence-electron chi connectivity index (χ3n) is 5.11. The fraction of sp³-hybridized carbons (Fsp3) is 0.611. The maximum Gasteiger partial charge on any atom is 0.255 e. The van der Waals surface area contributed by atoms with Gasteiger partial charge in [0.1, 0.15) is 6.10 Å². The van der Waals surface area contributed by atoms with Crippen LogP contribution >= 0.6 is 11.3 Å². The molecule has 0 bridgehead atoms. The van der Waals surface area contributed by atoms with Crippen molar-refractivity contribution in [2.45, 2.75) is 51.2 Å². The number of nitrogens with zero attached hydrogens (tertiary/aromatic N) is 2. The number of aromatic nitrogens is 1. The lowest BCUT2D eigenvalue weighted by molar-refractivity contribution is -0.136. The first-order valence-electron chi connectivity index (χ1n) is 9.05. The molecule has 1 saturated heterocycles. The Kier molecular flexibility index (Phi) is 4.85. The van der Waals surface area contributed by atoms with Gasteiger partial charge in [-0.1, -0.05) is 23.5 Å². The summed E-state index contributed by atoms with van der Waals surface area (Å²) in [5.74, 6) is 0.275. The normalized spacial score (nSPS) is 25.7. The van der Waals surface area contributed by atoms with Crippen LogP contribution in [0, 0.1) is 5.92 Å². The predicted molar refractivity (Wildman–Crippen MR) is 95.3 cm³/mol. The SMILES string of the molecule is O=C(Nc1nc2c(s1)CN(C(=O)[C@H]1CC=CCC1)CC2)[C@H]1CCCO1. The summed E-state index contributed by atoms with van der Waals surface area (Å²) in [6, 6.07) is 0. The molecule has 7 heteroatoms. The Morgan fingerprint density at radius 3 is 3.00 bits per heavy atom. The maximum absolute atomic E-state index is 12.7. The molecule has 0 unspecified atom stereocenters. The second-order valence-electron chi connectivity index (χ2n) is 6.87. The van der Waals surface area contributed by atoms with Crippen molar-refractivity contribution < 1.29 is 14.3 Å². The first kappa shape index (κ1) is 16.7. The number of anilines is 1. The fourth-order valence-electron chi connectivity index (χ4n) is 3.68. The van der Waals surface area contributed by atoms with E-state index in [2.05, 4.69) is 22.5 Å². The summed E-state index contributed by atoms with van der Waals surface area (Å²) in [6.45, 7) is 1.98. The molecule has 1 aromatic rings. The molecule has 1 fully saturated rings. The summed E-state index contributed by atoms with van der Waals surface area (Å²) in [5.41, 5.74) is 1.01. The van der Waals surface area contributed by atoms with E-state index in [0.717, 1.165) is 55.6 Å². The molecule has 6 nitrogen and oxygen atoms in total. The first-order valence-corrected chi connectivity index (χ1v) is 9.87. The van der Waals surface area contributed by atoms with Crippen LogP contribution in [0.25, 0.3) is 0 Å². The molecule has 25 heavy (non-hydrogen) atoms. The average Bonchev–Trinajstić information content (AvgIpc) is 3.30. The van der Waals surface area contributed by atoms with E-state index < -0.39 is 0 Å². The van der Waals surface area contributed by atoms with Crippen LogP contribution in [0.3, 0.4) is 0 Å². The summed E-state index contributed by atoms with van der Waals surface area (Å²) in [7, 11) is 0. The minimum atomic E-state index is -0.349. The molecule has 0 aromatic carbocycles. The molecular weight excluding hydrogens is 338 g/mol. The van der Waals surface area contributed by atoms with Gasteiger partial charge in [0.05, 0.1) is 12.2 Å². The quantitative estimate of drug-likeness (QED) is 0.840. The lowest BCUT2D eigenvalue weighted by atomic mass is 9.92. The van der Waals surface area contributed by atoms with Crippen LogP contribution < -0.4 is 5.32 Å². The van der Waals surface area contributed by atoms with Crippen LogP contribution in [-0.2, 0) is 27.3 Å². The molecule has 1 aromatic heterocycles. The van der Waals surface area contributed by atoms with Crippen molar-refractivity contribution in [3.05, 3.63) is 22.7 Å². The lowest BCUT2D eigenvalue weighted by Crippen LogP contribution is -2.39. The number of hydrogen-bond acceptors (Lipinski definition) is 5. The zero-order valence-electron chi connectivity index (χ0n) is 14.2. The highest BCUT2D eigenvalue weighted by atomic mass is 32.1. The van der Waals surface area contributed by atoms with Crippen molar-refractivity contribution in [1.82, 2.24) is 9.88 Å². The van der Waals surface area contributed by atoms with Crippen molar-refractivity contribution in [1.29, 1.82) is 0 Å². The Labute approximate surface area is 151 Å². The van der Waals surface area contributed by atoms with Gasteiger partial charge in [0.15, 0.2) is 5.13 Å². The summed E-state index contributed by atoms with van der Waals surface area (Å²) in [4.78, 5) is 32.5. The monoisotopic (exact) mass is 361 g/mol. The van der Waals surface area contributed by atoms with Gasteiger partial charge >= 0.3 is 0 Å². The molecule has 3 aliphatic rings. The number of allylic oxidation sites excluding steroid dienone is 2. The first-order chi connectivity index (χ1) is 12.2. The molecule has 2 atom stereocenters. The highest BCUT2D eigenvalue weighted by molar-refractivity contribution is 7.15. The zero-order valence-corrected chi connectivity index (χ0v) is 15.0. The van der Waals surface area contributed by atoms with Crippen LogP contribution in [0.2, 0.25) is 0 Å². The number of amides is 2.